The highest BCUT2D eigenvalue weighted by molar-refractivity contribution is 7.91. The van der Waals surface area contributed by atoms with Gasteiger partial charge < -0.3 is 10.2 Å². The van der Waals surface area contributed by atoms with E-state index in [2.05, 4.69) is 5.32 Å². The summed E-state index contributed by atoms with van der Waals surface area (Å²) in [6.07, 6.45) is 0.245. The number of benzene rings is 2. The highest BCUT2D eigenvalue weighted by Crippen LogP contribution is 2.31. The zero-order chi connectivity index (χ0) is 24.7. The number of hydrogen-bond donors (Lipinski definition) is 1. The van der Waals surface area contributed by atoms with Crippen LogP contribution in [0.4, 0.5) is 16.2 Å². The number of nitro benzene ring substituents is 1. The van der Waals surface area contributed by atoms with E-state index in [0.717, 1.165) is 4.90 Å². The summed E-state index contributed by atoms with van der Waals surface area (Å²) < 4.78 is 24.1. The van der Waals surface area contributed by atoms with Crippen molar-refractivity contribution in [2.75, 3.05) is 23.0 Å². The lowest BCUT2D eigenvalue weighted by molar-refractivity contribution is -0.385. The predicted molar refractivity (Wildman–Crippen MR) is 122 cm³/mol. The van der Waals surface area contributed by atoms with E-state index >= 15 is 0 Å². The number of hydrogen-bond acceptors (Lipinski definition) is 7. The lowest BCUT2D eigenvalue weighted by atomic mass is 9.91. The molecule has 2 aromatic carbocycles. The van der Waals surface area contributed by atoms with Gasteiger partial charge in [-0.2, -0.15) is 0 Å². The van der Waals surface area contributed by atoms with Crippen LogP contribution in [0.2, 0.25) is 0 Å². The summed E-state index contributed by atoms with van der Waals surface area (Å²) in [7, 11) is -3.31. The van der Waals surface area contributed by atoms with Gasteiger partial charge in [0, 0.05) is 17.8 Å². The van der Waals surface area contributed by atoms with E-state index in [1.165, 1.54) is 36.1 Å². The van der Waals surface area contributed by atoms with Gasteiger partial charge in [0.25, 0.3) is 11.6 Å². The second-order valence-electron chi connectivity index (χ2n) is 8.41. The normalized spacial score (nSPS) is 23.6. The maximum absolute atomic E-state index is 13.3. The standard InChI is InChI=1S/C22H22N4O7S/c1-22(15-6-5-9-17(12-15)26(30)31)20(28)24(21(29)23-22)13-19(27)25(16-7-3-2-4-8-16)18-10-11-34(32,33)14-18/h2-9,12,18H,10-11,13-14H2,1H3,(H,23,29). The Balaban J connectivity index is 1.61. The molecule has 2 heterocycles. The number of rotatable bonds is 6. The number of amides is 4. The van der Waals surface area contributed by atoms with Crippen molar-refractivity contribution in [1.82, 2.24) is 10.2 Å². The van der Waals surface area contributed by atoms with Crippen LogP contribution in [0.3, 0.4) is 0 Å². The number of carbonyl (C=O) groups excluding carboxylic acids is 3. The van der Waals surface area contributed by atoms with Crippen LogP contribution in [-0.4, -0.2) is 60.2 Å². The van der Waals surface area contributed by atoms with Gasteiger partial charge in [-0.1, -0.05) is 30.3 Å². The molecule has 4 rings (SSSR count). The monoisotopic (exact) mass is 486 g/mol. The molecule has 4 amide bonds. The number of carbonyl (C=O) groups is 3. The van der Waals surface area contributed by atoms with Crippen molar-refractivity contribution in [2.45, 2.75) is 24.9 Å². The van der Waals surface area contributed by atoms with Gasteiger partial charge in [0.05, 0.1) is 22.5 Å². The highest BCUT2D eigenvalue weighted by atomic mass is 32.2. The minimum absolute atomic E-state index is 0.0533. The molecule has 2 fully saturated rings. The van der Waals surface area contributed by atoms with Crippen LogP contribution in [0.15, 0.2) is 54.6 Å². The smallest absolute Gasteiger partial charge is 0.319 e. The van der Waals surface area contributed by atoms with E-state index in [0.29, 0.717) is 5.69 Å². The first-order valence-electron chi connectivity index (χ1n) is 10.5. The number of nitrogens with one attached hydrogen (secondary N) is 1. The molecule has 2 aliphatic rings. The molecule has 0 aliphatic carbocycles. The number of nitrogens with zero attached hydrogens (tertiary/aromatic N) is 3. The topological polar surface area (TPSA) is 147 Å². The van der Waals surface area contributed by atoms with Crippen LogP contribution in [0.1, 0.15) is 18.9 Å². The van der Waals surface area contributed by atoms with E-state index in [1.807, 2.05) is 0 Å². The molecule has 2 atom stereocenters. The van der Waals surface area contributed by atoms with Crippen molar-refractivity contribution in [3.63, 3.8) is 0 Å². The number of sulfone groups is 1. The third-order valence-corrected chi connectivity index (χ3v) is 7.83. The molecule has 0 radical (unpaired) electrons. The van der Waals surface area contributed by atoms with E-state index < -0.39 is 50.7 Å². The number of anilines is 1. The van der Waals surface area contributed by atoms with Gasteiger partial charge in [-0.15, -0.1) is 0 Å². The largest absolute Gasteiger partial charge is 0.325 e. The lowest BCUT2D eigenvalue weighted by Crippen LogP contribution is -2.48. The Kier molecular flexibility index (Phi) is 5.86. The second-order valence-corrected chi connectivity index (χ2v) is 10.6. The Hall–Kier alpha value is -3.80. The fourth-order valence-corrected chi connectivity index (χ4v) is 6.00. The summed E-state index contributed by atoms with van der Waals surface area (Å²) >= 11 is 0. The van der Waals surface area contributed by atoms with Crippen LogP contribution >= 0.6 is 0 Å². The Labute approximate surface area is 195 Å². The molecule has 34 heavy (non-hydrogen) atoms. The van der Waals surface area contributed by atoms with Gasteiger partial charge in [0.1, 0.15) is 12.1 Å². The average molecular weight is 487 g/mol. The van der Waals surface area contributed by atoms with Crippen LogP contribution in [0, 0.1) is 10.1 Å². The summed E-state index contributed by atoms with van der Waals surface area (Å²) in [6, 6.07) is 12.4. The lowest BCUT2D eigenvalue weighted by Gasteiger charge is -2.30. The molecule has 0 saturated carbocycles. The molecule has 178 valence electrons. The Morgan fingerprint density at radius 1 is 1.21 bits per heavy atom. The van der Waals surface area contributed by atoms with Crippen molar-refractivity contribution in [3.8, 4) is 0 Å². The van der Waals surface area contributed by atoms with Crippen LogP contribution in [0.5, 0.6) is 0 Å². The molecule has 2 aromatic rings. The first kappa shape index (κ1) is 23.4. The quantitative estimate of drug-likeness (QED) is 0.370. The SMILES string of the molecule is CC1(c2cccc([N+](=O)[O-])c2)NC(=O)N(CC(=O)N(c2ccccc2)C2CCS(=O)(=O)C2)C1=O. The van der Waals surface area contributed by atoms with Gasteiger partial charge in [-0.25, -0.2) is 13.2 Å². The van der Waals surface area contributed by atoms with Crippen molar-refractivity contribution >= 4 is 39.1 Å². The summed E-state index contributed by atoms with van der Waals surface area (Å²) in [5.41, 5.74) is -1.18. The highest BCUT2D eigenvalue weighted by Gasteiger charge is 2.50. The Bertz CT molecular complexity index is 1280. The van der Waals surface area contributed by atoms with Gasteiger partial charge in [0.15, 0.2) is 9.84 Å². The van der Waals surface area contributed by atoms with Crippen molar-refractivity contribution < 1.29 is 27.7 Å². The molecular weight excluding hydrogens is 464 g/mol. The van der Waals surface area contributed by atoms with Gasteiger partial charge in [0.2, 0.25) is 5.91 Å². The number of urea groups is 1. The Morgan fingerprint density at radius 2 is 1.91 bits per heavy atom. The summed E-state index contributed by atoms with van der Waals surface area (Å²) in [5, 5.41) is 13.7. The van der Waals surface area contributed by atoms with E-state index in [9.17, 15) is 32.9 Å². The van der Waals surface area contributed by atoms with E-state index in [1.54, 1.807) is 30.3 Å². The summed E-state index contributed by atoms with van der Waals surface area (Å²) in [4.78, 5) is 51.9. The van der Waals surface area contributed by atoms with Gasteiger partial charge in [-0.3, -0.25) is 24.6 Å². The number of imide groups is 1. The Morgan fingerprint density at radius 3 is 2.53 bits per heavy atom. The molecule has 0 aromatic heterocycles. The van der Waals surface area contributed by atoms with Gasteiger partial charge in [-0.05, 0) is 31.0 Å². The third-order valence-electron chi connectivity index (χ3n) is 6.08. The van der Waals surface area contributed by atoms with Crippen LogP contribution in [0.25, 0.3) is 0 Å². The molecule has 0 spiro atoms. The minimum Gasteiger partial charge on any atom is -0.319 e. The van der Waals surface area contributed by atoms with Crippen molar-refractivity contribution in [1.29, 1.82) is 0 Å². The molecule has 2 unspecified atom stereocenters. The fourth-order valence-electron chi connectivity index (χ4n) is 4.30. The van der Waals surface area contributed by atoms with Crippen molar-refractivity contribution in [3.05, 3.63) is 70.3 Å². The molecule has 12 heteroatoms. The molecule has 2 aliphatic heterocycles. The maximum Gasteiger partial charge on any atom is 0.325 e. The molecular formula is C22H22N4O7S. The molecule has 0 bridgehead atoms. The third kappa shape index (κ3) is 4.23. The summed E-state index contributed by atoms with van der Waals surface area (Å²) in [6.45, 7) is 0.801. The molecule has 2 saturated heterocycles. The van der Waals surface area contributed by atoms with Crippen LogP contribution < -0.4 is 10.2 Å². The second kappa shape index (κ2) is 8.52. The average Bonchev–Trinajstić information content (AvgIpc) is 3.26. The number of nitro groups is 1. The van der Waals surface area contributed by atoms with Crippen molar-refractivity contribution in [2.24, 2.45) is 0 Å². The minimum atomic E-state index is -3.31. The first-order valence-corrected chi connectivity index (χ1v) is 12.3. The number of non-ortho nitro benzene ring substituents is 1. The maximum atomic E-state index is 13.3. The van der Waals surface area contributed by atoms with E-state index in [-0.39, 0.29) is 29.2 Å². The molecule has 11 nitrogen and oxygen atoms in total. The fraction of sp³-hybridized carbons (Fsp3) is 0.318. The zero-order valence-corrected chi connectivity index (χ0v) is 19.0. The zero-order valence-electron chi connectivity index (χ0n) is 18.2. The molecule has 1 N–H and O–H groups in total. The van der Waals surface area contributed by atoms with Crippen LogP contribution in [-0.2, 0) is 25.0 Å². The van der Waals surface area contributed by atoms with Gasteiger partial charge >= 0.3 is 6.03 Å². The summed E-state index contributed by atoms with van der Waals surface area (Å²) in [5.74, 6) is -1.61. The van der Waals surface area contributed by atoms with E-state index in [4.69, 9.17) is 0 Å². The first-order chi connectivity index (χ1) is 16.0. The number of para-hydroxylation sites is 1. The predicted octanol–water partition coefficient (Wildman–Crippen LogP) is 1.58.